The first-order valence-electron chi connectivity index (χ1n) is 8.17. The minimum Gasteiger partial charge on any atom is -0.353 e. The number of hydrogen-bond acceptors (Lipinski definition) is 3. The topological polar surface area (TPSA) is 71.3 Å². The molecule has 26 heavy (non-hydrogen) atoms. The number of nitro benzene ring substituents is 1. The molecule has 0 saturated carbocycles. The first kappa shape index (κ1) is 15.8. The van der Waals surface area contributed by atoms with Gasteiger partial charge in [-0.1, -0.05) is 48.5 Å². The Morgan fingerprint density at radius 3 is 2.31 bits per heavy atom. The highest BCUT2D eigenvalue weighted by Crippen LogP contribution is 2.37. The van der Waals surface area contributed by atoms with Crippen molar-refractivity contribution in [2.24, 2.45) is 4.99 Å². The van der Waals surface area contributed by atoms with Gasteiger partial charge in [0, 0.05) is 34.8 Å². The summed E-state index contributed by atoms with van der Waals surface area (Å²) in [5.41, 5.74) is 4.75. The Kier molecular flexibility index (Phi) is 4.03. The molecule has 0 radical (unpaired) electrons. The van der Waals surface area contributed by atoms with E-state index in [-0.39, 0.29) is 5.69 Å². The monoisotopic (exact) mass is 341 g/mol. The number of non-ortho nitro benzene ring substituents is 1. The Hall–Kier alpha value is -3.73. The van der Waals surface area contributed by atoms with Crippen LogP contribution in [0.3, 0.4) is 0 Å². The molecule has 0 aliphatic heterocycles. The molecule has 126 valence electrons. The Bertz CT molecular complexity index is 1100. The standard InChI is InChI=1S/C21H15N3O2/c25-24(26)17-12-10-15(11-13-17)14-22-21-18-8-4-5-9-19(18)23-20(21)16-6-2-1-3-7-16/h1-14,23H. The number of rotatable bonds is 4. The van der Waals surface area contributed by atoms with Crippen molar-refractivity contribution in [3.8, 4) is 11.3 Å². The molecule has 1 heterocycles. The summed E-state index contributed by atoms with van der Waals surface area (Å²) < 4.78 is 0. The van der Waals surface area contributed by atoms with Crippen LogP contribution in [0.5, 0.6) is 0 Å². The number of H-pyrrole nitrogens is 1. The summed E-state index contributed by atoms with van der Waals surface area (Å²) >= 11 is 0. The van der Waals surface area contributed by atoms with E-state index in [0.29, 0.717) is 0 Å². The van der Waals surface area contributed by atoms with Gasteiger partial charge in [0.25, 0.3) is 5.69 Å². The number of aromatic amines is 1. The van der Waals surface area contributed by atoms with Crippen molar-refractivity contribution >= 4 is 28.5 Å². The maximum atomic E-state index is 10.8. The van der Waals surface area contributed by atoms with Gasteiger partial charge < -0.3 is 4.98 Å². The van der Waals surface area contributed by atoms with E-state index < -0.39 is 4.92 Å². The molecule has 5 nitrogen and oxygen atoms in total. The zero-order valence-electron chi connectivity index (χ0n) is 13.8. The van der Waals surface area contributed by atoms with Crippen LogP contribution in [0.2, 0.25) is 0 Å². The van der Waals surface area contributed by atoms with E-state index in [1.54, 1.807) is 18.3 Å². The van der Waals surface area contributed by atoms with Gasteiger partial charge in [0.15, 0.2) is 0 Å². The van der Waals surface area contributed by atoms with Gasteiger partial charge in [-0.2, -0.15) is 0 Å². The summed E-state index contributed by atoms with van der Waals surface area (Å²) in [4.78, 5) is 18.5. The fourth-order valence-corrected chi connectivity index (χ4v) is 2.90. The molecule has 0 aliphatic rings. The molecular formula is C21H15N3O2. The second-order valence-corrected chi connectivity index (χ2v) is 5.87. The SMILES string of the molecule is O=[N+]([O-])c1ccc(C=Nc2c(-c3ccccc3)[nH]c3ccccc23)cc1. The van der Waals surface area contributed by atoms with Gasteiger partial charge in [-0.15, -0.1) is 0 Å². The lowest BCUT2D eigenvalue weighted by atomic mass is 10.1. The van der Waals surface area contributed by atoms with Crippen LogP contribution in [-0.4, -0.2) is 16.1 Å². The Labute approximate surface area is 149 Å². The van der Waals surface area contributed by atoms with Crippen molar-refractivity contribution in [1.29, 1.82) is 0 Å². The Morgan fingerprint density at radius 1 is 0.885 bits per heavy atom. The lowest BCUT2D eigenvalue weighted by Crippen LogP contribution is -1.88. The van der Waals surface area contributed by atoms with E-state index in [4.69, 9.17) is 0 Å². The molecule has 0 atom stereocenters. The Balaban J connectivity index is 1.79. The van der Waals surface area contributed by atoms with E-state index in [1.165, 1.54) is 12.1 Å². The molecule has 0 aliphatic carbocycles. The highest BCUT2D eigenvalue weighted by atomic mass is 16.6. The molecule has 0 unspecified atom stereocenters. The number of nitrogens with one attached hydrogen (secondary N) is 1. The number of aliphatic imine (C=N–C) groups is 1. The van der Waals surface area contributed by atoms with Crippen LogP contribution < -0.4 is 0 Å². The minimum absolute atomic E-state index is 0.0687. The number of aromatic nitrogens is 1. The second kappa shape index (κ2) is 6.64. The largest absolute Gasteiger partial charge is 0.353 e. The third-order valence-corrected chi connectivity index (χ3v) is 4.19. The fraction of sp³-hybridized carbons (Fsp3) is 0. The van der Waals surface area contributed by atoms with Crippen molar-refractivity contribution in [3.63, 3.8) is 0 Å². The molecule has 1 aromatic heterocycles. The summed E-state index contributed by atoms with van der Waals surface area (Å²) in [6.07, 6.45) is 1.73. The molecule has 5 heteroatoms. The van der Waals surface area contributed by atoms with Gasteiger partial charge in [0.05, 0.1) is 16.3 Å². The number of nitrogens with zero attached hydrogens (tertiary/aromatic N) is 2. The predicted molar refractivity (Wildman–Crippen MR) is 104 cm³/mol. The van der Waals surface area contributed by atoms with Crippen LogP contribution >= 0.6 is 0 Å². The molecular weight excluding hydrogens is 326 g/mol. The Morgan fingerprint density at radius 2 is 1.58 bits per heavy atom. The van der Waals surface area contributed by atoms with Crippen molar-refractivity contribution in [2.45, 2.75) is 0 Å². The smallest absolute Gasteiger partial charge is 0.269 e. The molecule has 0 amide bonds. The van der Waals surface area contributed by atoms with Crippen LogP contribution in [0.25, 0.3) is 22.2 Å². The number of fused-ring (bicyclic) bond motifs is 1. The van der Waals surface area contributed by atoms with Crippen LogP contribution in [0.1, 0.15) is 5.56 Å². The van der Waals surface area contributed by atoms with Crippen LogP contribution in [0.15, 0.2) is 83.9 Å². The highest BCUT2D eigenvalue weighted by Gasteiger charge is 2.11. The summed E-state index contributed by atoms with van der Waals surface area (Å²) in [5, 5.41) is 11.8. The van der Waals surface area contributed by atoms with Gasteiger partial charge in [-0.3, -0.25) is 15.1 Å². The number of hydrogen-bond donors (Lipinski definition) is 1. The molecule has 0 bridgehead atoms. The fourth-order valence-electron chi connectivity index (χ4n) is 2.90. The summed E-state index contributed by atoms with van der Waals surface area (Å²) in [5.74, 6) is 0. The van der Waals surface area contributed by atoms with E-state index in [2.05, 4.69) is 9.98 Å². The van der Waals surface area contributed by atoms with Crippen LogP contribution in [0, 0.1) is 10.1 Å². The van der Waals surface area contributed by atoms with Gasteiger partial charge in [0.1, 0.15) is 0 Å². The third-order valence-electron chi connectivity index (χ3n) is 4.19. The van der Waals surface area contributed by atoms with Crippen LogP contribution in [0.4, 0.5) is 11.4 Å². The second-order valence-electron chi connectivity index (χ2n) is 5.87. The molecule has 4 rings (SSSR count). The first-order valence-corrected chi connectivity index (χ1v) is 8.17. The molecule has 3 aromatic carbocycles. The zero-order valence-corrected chi connectivity index (χ0v) is 13.8. The third kappa shape index (κ3) is 2.98. The van der Waals surface area contributed by atoms with Crippen molar-refractivity contribution < 1.29 is 4.92 Å². The van der Waals surface area contributed by atoms with E-state index in [0.717, 1.165) is 33.4 Å². The summed E-state index contributed by atoms with van der Waals surface area (Å²) in [6, 6.07) is 24.4. The van der Waals surface area contributed by atoms with Crippen molar-refractivity contribution in [2.75, 3.05) is 0 Å². The molecule has 0 fully saturated rings. The number of nitro groups is 1. The first-order chi connectivity index (χ1) is 12.7. The highest BCUT2D eigenvalue weighted by molar-refractivity contribution is 6.01. The van der Waals surface area contributed by atoms with Crippen molar-refractivity contribution in [1.82, 2.24) is 4.98 Å². The van der Waals surface area contributed by atoms with Gasteiger partial charge >= 0.3 is 0 Å². The van der Waals surface area contributed by atoms with Gasteiger partial charge in [-0.05, 0) is 23.8 Å². The average Bonchev–Trinajstić information content (AvgIpc) is 3.06. The zero-order chi connectivity index (χ0) is 17.9. The van der Waals surface area contributed by atoms with Crippen molar-refractivity contribution in [3.05, 3.63) is 94.5 Å². The van der Waals surface area contributed by atoms with E-state index in [9.17, 15) is 10.1 Å². The normalized spacial score (nSPS) is 11.2. The van der Waals surface area contributed by atoms with Gasteiger partial charge in [-0.25, -0.2) is 0 Å². The van der Waals surface area contributed by atoms with Crippen LogP contribution in [-0.2, 0) is 0 Å². The van der Waals surface area contributed by atoms with E-state index in [1.807, 2.05) is 54.6 Å². The average molecular weight is 341 g/mol. The van der Waals surface area contributed by atoms with E-state index >= 15 is 0 Å². The minimum atomic E-state index is -0.409. The predicted octanol–water partition coefficient (Wildman–Crippen LogP) is 5.49. The summed E-state index contributed by atoms with van der Waals surface area (Å²) in [7, 11) is 0. The van der Waals surface area contributed by atoms with Gasteiger partial charge in [0.2, 0.25) is 0 Å². The lowest BCUT2D eigenvalue weighted by Gasteiger charge is -2.00. The molecule has 0 spiro atoms. The maximum Gasteiger partial charge on any atom is 0.269 e. The summed E-state index contributed by atoms with van der Waals surface area (Å²) in [6.45, 7) is 0. The molecule has 1 N–H and O–H groups in total. The number of para-hydroxylation sites is 1. The maximum absolute atomic E-state index is 10.8. The molecule has 0 saturated heterocycles. The lowest BCUT2D eigenvalue weighted by molar-refractivity contribution is -0.384. The molecule has 4 aromatic rings. The number of benzene rings is 3. The quantitative estimate of drug-likeness (QED) is 0.303.